The second-order valence-electron chi connectivity index (χ2n) is 6.26. The van der Waals surface area contributed by atoms with Gasteiger partial charge in [0.2, 0.25) is 0 Å². The van der Waals surface area contributed by atoms with Crippen LogP contribution in [-0.4, -0.2) is 17.3 Å². The minimum Gasteiger partial charge on any atom is -0.389 e. The zero-order valence-corrected chi connectivity index (χ0v) is 10.8. The van der Waals surface area contributed by atoms with Crippen LogP contribution in [0.3, 0.4) is 0 Å². The average molecular weight is 225 g/mol. The fraction of sp³-hybridized carbons (Fsp3) is 1.00. The lowest BCUT2D eigenvalue weighted by molar-refractivity contribution is -0.107. The SMILES string of the molecule is CCC1CCC(CN)(C(C)(O)C2CC2)CC1. The molecular formula is C14H27NO. The van der Waals surface area contributed by atoms with E-state index in [0.717, 1.165) is 18.8 Å². The van der Waals surface area contributed by atoms with Crippen LogP contribution >= 0.6 is 0 Å². The van der Waals surface area contributed by atoms with Crippen molar-refractivity contribution in [2.24, 2.45) is 23.0 Å². The van der Waals surface area contributed by atoms with Gasteiger partial charge in [0.25, 0.3) is 0 Å². The van der Waals surface area contributed by atoms with E-state index in [1.54, 1.807) is 0 Å². The van der Waals surface area contributed by atoms with Crippen molar-refractivity contribution in [2.45, 2.75) is 64.4 Å². The molecule has 0 aromatic rings. The molecule has 2 heteroatoms. The summed E-state index contributed by atoms with van der Waals surface area (Å²) in [5.41, 5.74) is 5.52. The van der Waals surface area contributed by atoms with Gasteiger partial charge in [0.05, 0.1) is 5.60 Å². The van der Waals surface area contributed by atoms with Crippen LogP contribution in [0.4, 0.5) is 0 Å². The van der Waals surface area contributed by atoms with E-state index in [4.69, 9.17) is 5.73 Å². The van der Waals surface area contributed by atoms with Gasteiger partial charge in [-0.25, -0.2) is 0 Å². The van der Waals surface area contributed by atoms with Crippen molar-refractivity contribution in [1.82, 2.24) is 0 Å². The molecule has 0 heterocycles. The van der Waals surface area contributed by atoms with Crippen LogP contribution in [0.15, 0.2) is 0 Å². The van der Waals surface area contributed by atoms with E-state index in [1.807, 2.05) is 6.92 Å². The Hall–Kier alpha value is -0.0800. The molecule has 0 saturated heterocycles. The fourth-order valence-corrected chi connectivity index (χ4v) is 3.63. The lowest BCUT2D eigenvalue weighted by Crippen LogP contribution is -2.54. The average Bonchev–Trinajstić information content (AvgIpc) is 3.13. The van der Waals surface area contributed by atoms with Crippen LogP contribution in [0.5, 0.6) is 0 Å². The summed E-state index contributed by atoms with van der Waals surface area (Å²) in [6.45, 7) is 4.98. The normalized spacial score (nSPS) is 39.4. The van der Waals surface area contributed by atoms with Gasteiger partial charge in [0.1, 0.15) is 0 Å². The molecule has 0 bridgehead atoms. The van der Waals surface area contributed by atoms with Gasteiger partial charge in [-0.15, -0.1) is 0 Å². The van der Waals surface area contributed by atoms with Gasteiger partial charge >= 0.3 is 0 Å². The quantitative estimate of drug-likeness (QED) is 0.772. The van der Waals surface area contributed by atoms with Gasteiger partial charge < -0.3 is 10.8 Å². The third-order valence-electron chi connectivity index (χ3n) is 5.48. The molecule has 2 fully saturated rings. The number of rotatable bonds is 4. The molecule has 2 rings (SSSR count). The summed E-state index contributed by atoms with van der Waals surface area (Å²) in [6.07, 6.45) is 8.47. The third-order valence-corrected chi connectivity index (χ3v) is 5.48. The monoisotopic (exact) mass is 225 g/mol. The predicted molar refractivity (Wildman–Crippen MR) is 67.1 cm³/mol. The van der Waals surface area contributed by atoms with Gasteiger partial charge in [-0.1, -0.05) is 13.3 Å². The topological polar surface area (TPSA) is 46.2 Å². The van der Waals surface area contributed by atoms with E-state index < -0.39 is 5.60 Å². The van der Waals surface area contributed by atoms with Crippen LogP contribution < -0.4 is 5.73 Å². The molecular weight excluding hydrogens is 198 g/mol. The van der Waals surface area contributed by atoms with Gasteiger partial charge in [-0.2, -0.15) is 0 Å². The van der Waals surface area contributed by atoms with Crippen LogP contribution in [0.1, 0.15) is 58.8 Å². The number of nitrogens with two attached hydrogens (primary N) is 1. The standard InChI is InChI=1S/C14H27NO/c1-3-11-6-8-14(10-15,9-7-11)13(2,16)12-4-5-12/h11-12,16H,3-10,15H2,1-2H3. The molecule has 2 saturated carbocycles. The van der Waals surface area contributed by atoms with Gasteiger partial charge in [0.15, 0.2) is 0 Å². The van der Waals surface area contributed by atoms with Crippen molar-refractivity contribution in [3.05, 3.63) is 0 Å². The summed E-state index contributed by atoms with van der Waals surface area (Å²) in [6, 6.07) is 0. The Morgan fingerprint density at radius 2 is 1.81 bits per heavy atom. The summed E-state index contributed by atoms with van der Waals surface area (Å²) >= 11 is 0. The first-order chi connectivity index (χ1) is 7.55. The maximum Gasteiger partial charge on any atom is 0.0715 e. The van der Waals surface area contributed by atoms with Crippen LogP contribution in [-0.2, 0) is 0 Å². The molecule has 0 amide bonds. The van der Waals surface area contributed by atoms with E-state index in [-0.39, 0.29) is 5.41 Å². The van der Waals surface area contributed by atoms with Crippen LogP contribution in [0, 0.1) is 17.3 Å². The molecule has 1 atom stereocenters. The highest BCUT2D eigenvalue weighted by atomic mass is 16.3. The molecule has 0 aromatic carbocycles. The Bertz CT molecular complexity index is 237. The summed E-state index contributed by atoms with van der Waals surface area (Å²) in [7, 11) is 0. The molecule has 0 aromatic heterocycles. The number of hydrogen-bond acceptors (Lipinski definition) is 2. The van der Waals surface area contributed by atoms with E-state index >= 15 is 0 Å². The molecule has 1 unspecified atom stereocenters. The summed E-state index contributed by atoms with van der Waals surface area (Å²) in [5, 5.41) is 10.8. The van der Waals surface area contributed by atoms with E-state index in [0.29, 0.717) is 12.5 Å². The molecule has 3 N–H and O–H groups in total. The van der Waals surface area contributed by atoms with Crippen molar-refractivity contribution in [1.29, 1.82) is 0 Å². The Labute approximate surface area is 99.6 Å². The maximum atomic E-state index is 10.8. The lowest BCUT2D eigenvalue weighted by atomic mass is 9.60. The lowest BCUT2D eigenvalue weighted by Gasteiger charge is -2.49. The minimum absolute atomic E-state index is 0.0137. The third kappa shape index (κ3) is 1.91. The first-order valence-corrected chi connectivity index (χ1v) is 6.98. The largest absolute Gasteiger partial charge is 0.389 e. The summed E-state index contributed by atoms with van der Waals surface area (Å²) in [4.78, 5) is 0. The van der Waals surface area contributed by atoms with E-state index in [9.17, 15) is 5.11 Å². The zero-order valence-electron chi connectivity index (χ0n) is 10.8. The molecule has 94 valence electrons. The van der Waals surface area contributed by atoms with E-state index in [1.165, 1.54) is 32.1 Å². The molecule has 2 nitrogen and oxygen atoms in total. The van der Waals surface area contributed by atoms with Crippen molar-refractivity contribution < 1.29 is 5.11 Å². The van der Waals surface area contributed by atoms with Crippen molar-refractivity contribution in [2.75, 3.05) is 6.54 Å². The number of aliphatic hydroxyl groups is 1. The molecule has 2 aliphatic rings. The van der Waals surface area contributed by atoms with Crippen molar-refractivity contribution >= 4 is 0 Å². The minimum atomic E-state index is -0.513. The first kappa shape index (κ1) is 12.4. The van der Waals surface area contributed by atoms with Crippen LogP contribution in [0.25, 0.3) is 0 Å². The van der Waals surface area contributed by atoms with Gasteiger partial charge in [-0.3, -0.25) is 0 Å². The van der Waals surface area contributed by atoms with E-state index in [2.05, 4.69) is 6.92 Å². The Balaban J connectivity index is 2.08. The van der Waals surface area contributed by atoms with Gasteiger partial charge in [0, 0.05) is 12.0 Å². The molecule has 2 aliphatic carbocycles. The zero-order chi connectivity index (χ0) is 11.8. The molecule has 0 spiro atoms. The smallest absolute Gasteiger partial charge is 0.0715 e. The first-order valence-electron chi connectivity index (χ1n) is 6.98. The van der Waals surface area contributed by atoms with Gasteiger partial charge in [-0.05, 0) is 57.3 Å². The molecule has 0 radical (unpaired) electrons. The second kappa shape index (κ2) is 4.30. The summed E-state index contributed by atoms with van der Waals surface area (Å²) in [5.74, 6) is 1.39. The summed E-state index contributed by atoms with van der Waals surface area (Å²) < 4.78 is 0. The van der Waals surface area contributed by atoms with Crippen LogP contribution in [0.2, 0.25) is 0 Å². The Morgan fingerprint density at radius 1 is 1.25 bits per heavy atom. The predicted octanol–water partition coefficient (Wildman–Crippen LogP) is 2.69. The Morgan fingerprint density at radius 3 is 2.19 bits per heavy atom. The number of hydrogen-bond donors (Lipinski definition) is 2. The maximum absolute atomic E-state index is 10.8. The Kier molecular flexibility index (Phi) is 3.33. The fourth-order valence-electron chi connectivity index (χ4n) is 3.63. The second-order valence-corrected chi connectivity index (χ2v) is 6.26. The highest BCUT2D eigenvalue weighted by molar-refractivity contribution is 5.06. The molecule has 16 heavy (non-hydrogen) atoms. The van der Waals surface area contributed by atoms with Crippen molar-refractivity contribution in [3.63, 3.8) is 0 Å². The highest BCUT2D eigenvalue weighted by Crippen LogP contribution is 2.55. The molecule has 0 aliphatic heterocycles. The van der Waals surface area contributed by atoms with Crippen molar-refractivity contribution in [3.8, 4) is 0 Å². The highest BCUT2D eigenvalue weighted by Gasteiger charge is 2.54.